The van der Waals surface area contributed by atoms with Gasteiger partial charge in [0, 0.05) is 63.1 Å². The molecule has 4 saturated heterocycles. The molecule has 2 unspecified atom stereocenters. The Morgan fingerprint density at radius 3 is 2.25 bits per heavy atom. The molecular formula is C32H41N9O3. The fourth-order valence-electron chi connectivity index (χ4n) is 6.41. The molecule has 2 bridgehead atoms. The summed E-state index contributed by atoms with van der Waals surface area (Å²) in [6.07, 6.45) is 4.44. The van der Waals surface area contributed by atoms with Crippen LogP contribution in [0.15, 0.2) is 48.7 Å². The van der Waals surface area contributed by atoms with Crippen LogP contribution in [0.2, 0.25) is 0 Å². The van der Waals surface area contributed by atoms with Gasteiger partial charge in [0.05, 0.1) is 43.3 Å². The van der Waals surface area contributed by atoms with Crippen LogP contribution in [0.3, 0.4) is 0 Å². The highest BCUT2D eigenvalue weighted by atomic mass is 16.5. The minimum atomic E-state index is -0.323. The van der Waals surface area contributed by atoms with Crippen molar-refractivity contribution >= 4 is 34.9 Å². The van der Waals surface area contributed by atoms with Gasteiger partial charge < -0.3 is 39.7 Å². The lowest BCUT2D eigenvalue weighted by Crippen LogP contribution is -2.45. The number of urea groups is 1. The minimum Gasteiger partial charge on any atom is -0.377 e. The maximum atomic E-state index is 12.8. The number of anilines is 5. The number of hydrogen-bond acceptors (Lipinski definition) is 10. The van der Waals surface area contributed by atoms with Gasteiger partial charge in [-0.2, -0.15) is 0 Å². The third-order valence-electron chi connectivity index (χ3n) is 8.96. The number of ether oxygens (including phenoxy) is 2. The van der Waals surface area contributed by atoms with Crippen LogP contribution in [-0.4, -0.2) is 110 Å². The SMILES string of the molecule is C[C@@H]1COCCN1c1cc(N2CC3CCC(C2)O3)nc(-c2ccc(NC(=O)Nc3ccc(N4CCN(C)CC4)nc3)cc2)n1. The number of aromatic nitrogens is 3. The Kier molecular flexibility index (Phi) is 8.20. The minimum absolute atomic E-state index is 0.225. The zero-order chi connectivity index (χ0) is 30.0. The van der Waals surface area contributed by atoms with Crippen LogP contribution in [0.5, 0.6) is 0 Å². The van der Waals surface area contributed by atoms with Crippen molar-refractivity contribution in [2.24, 2.45) is 0 Å². The highest BCUT2D eigenvalue weighted by Crippen LogP contribution is 2.32. The molecule has 4 aliphatic rings. The Bertz CT molecular complexity index is 1430. The second-order valence-corrected chi connectivity index (χ2v) is 12.2. The van der Waals surface area contributed by atoms with Crippen molar-refractivity contribution in [1.82, 2.24) is 19.9 Å². The molecule has 0 spiro atoms. The predicted octanol–water partition coefficient (Wildman–Crippen LogP) is 3.53. The summed E-state index contributed by atoms with van der Waals surface area (Å²) < 4.78 is 11.8. The number of nitrogens with zero attached hydrogens (tertiary/aromatic N) is 7. The van der Waals surface area contributed by atoms with Crippen molar-refractivity contribution in [2.75, 3.05) is 91.4 Å². The zero-order valence-corrected chi connectivity index (χ0v) is 25.5. The molecule has 3 atom stereocenters. The Hall–Kier alpha value is -4.00. The molecule has 2 N–H and O–H groups in total. The number of pyridine rings is 1. The molecule has 0 aliphatic carbocycles. The summed E-state index contributed by atoms with van der Waals surface area (Å²) in [6, 6.07) is 13.5. The topological polar surface area (TPSA) is 111 Å². The number of piperazine rings is 1. The van der Waals surface area contributed by atoms with E-state index in [0.29, 0.717) is 30.4 Å². The summed E-state index contributed by atoms with van der Waals surface area (Å²) in [7, 11) is 2.13. The van der Waals surface area contributed by atoms with Gasteiger partial charge in [0.1, 0.15) is 17.5 Å². The van der Waals surface area contributed by atoms with E-state index in [-0.39, 0.29) is 24.3 Å². The quantitative estimate of drug-likeness (QED) is 0.437. The number of benzene rings is 1. The Morgan fingerprint density at radius 1 is 0.841 bits per heavy atom. The predicted molar refractivity (Wildman–Crippen MR) is 172 cm³/mol. The number of carbonyl (C=O) groups excluding carboxylic acids is 1. The summed E-state index contributed by atoms with van der Waals surface area (Å²) in [5, 5.41) is 5.80. The van der Waals surface area contributed by atoms with E-state index in [2.05, 4.69) is 55.3 Å². The number of morpholine rings is 2. The number of likely N-dealkylation sites (N-methyl/N-ethyl adjacent to an activating group) is 1. The fraction of sp³-hybridized carbons (Fsp3) is 0.500. The number of fused-ring (bicyclic) bond motifs is 2. The smallest absolute Gasteiger partial charge is 0.323 e. The van der Waals surface area contributed by atoms with Gasteiger partial charge in [0.15, 0.2) is 5.82 Å². The lowest BCUT2D eigenvalue weighted by atomic mass is 10.2. The normalized spacial score (nSPS) is 24.0. The van der Waals surface area contributed by atoms with Crippen LogP contribution < -0.4 is 25.3 Å². The van der Waals surface area contributed by atoms with Crippen LogP contribution in [-0.2, 0) is 9.47 Å². The maximum absolute atomic E-state index is 12.8. The second-order valence-electron chi connectivity index (χ2n) is 12.2. The van der Waals surface area contributed by atoms with Gasteiger partial charge in [0.2, 0.25) is 0 Å². The van der Waals surface area contributed by atoms with Gasteiger partial charge in [-0.1, -0.05) is 0 Å². The van der Waals surface area contributed by atoms with E-state index < -0.39 is 0 Å². The Labute approximate surface area is 258 Å². The van der Waals surface area contributed by atoms with Crippen molar-refractivity contribution in [3.8, 4) is 11.4 Å². The van der Waals surface area contributed by atoms with Crippen molar-refractivity contribution in [1.29, 1.82) is 0 Å². The summed E-state index contributed by atoms with van der Waals surface area (Å²) in [6.45, 7) is 9.93. The molecule has 0 radical (unpaired) electrons. The first-order valence-electron chi connectivity index (χ1n) is 15.7. The monoisotopic (exact) mass is 599 g/mol. The summed E-state index contributed by atoms with van der Waals surface area (Å²) >= 11 is 0. The number of rotatable bonds is 6. The van der Waals surface area contributed by atoms with E-state index in [1.807, 2.05) is 36.4 Å². The first-order chi connectivity index (χ1) is 21.5. The molecule has 2 aromatic heterocycles. The van der Waals surface area contributed by atoms with Crippen molar-refractivity contribution < 1.29 is 14.3 Å². The van der Waals surface area contributed by atoms with Crippen LogP contribution in [0.25, 0.3) is 11.4 Å². The molecule has 232 valence electrons. The Balaban J connectivity index is 1.04. The molecule has 6 heterocycles. The van der Waals surface area contributed by atoms with Crippen LogP contribution in [0.4, 0.5) is 33.6 Å². The number of carbonyl (C=O) groups is 1. The first kappa shape index (κ1) is 28.8. The summed E-state index contributed by atoms with van der Waals surface area (Å²) in [5.41, 5.74) is 2.21. The average molecular weight is 600 g/mol. The molecule has 44 heavy (non-hydrogen) atoms. The molecule has 3 aromatic rings. The van der Waals surface area contributed by atoms with E-state index in [0.717, 1.165) is 81.7 Å². The van der Waals surface area contributed by atoms with Crippen LogP contribution in [0, 0.1) is 0 Å². The van der Waals surface area contributed by atoms with Crippen molar-refractivity contribution in [2.45, 2.75) is 38.0 Å². The lowest BCUT2D eigenvalue weighted by molar-refractivity contribution is 0.0302. The van der Waals surface area contributed by atoms with Gasteiger partial charge in [-0.25, -0.2) is 19.7 Å². The highest BCUT2D eigenvalue weighted by molar-refractivity contribution is 5.99. The molecule has 4 aliphatic heterocycles. The molecule has 12 heteroatoms. The number of hydrogen-bond donors (Lipinski definition) is 2. The van der Waals surface area contributed by atoms with E-state index in [1.165, 1.54) is 0 Å². The molecule has 4 fully saturated rings. The van der Waals surface area contributed by atoms with Gasteiger partial charge in [-0.3, -0.25) is 0 Å². The van der Waals surface area contributed by atoms with Crippen molar-refractivity contribution in [3.05, 3.63) is 48.7 Å². The standard InChI is InChI=1S/C32H41N9O3/c1-22-21-43-16-15-41(22)30-17-29(40-19-26-8-9-27(20-40)44-26)36-31(37-30)23-3-5-24(6-4-23)34-32(42)35-25-7-10-28(33-18-25)39-13-11-38(2)12-14-39/h3-7,10,17-18,22,26-27H,8-9,11-16,19-21H2,1-2H3,(H2,34,35,42)/t22-,26?,27?/m1/s1. The number of amides is 2. The molecular weight excluding hydrogens is 558 g/mol. The highest BCUT2D eigenvalue weighted by Gasteiger charge is 2.35. The average Bonchev–Trinajstić information content (AvgIpc) is 3.39. The molecule has 0 saturated carbocycles. The van der Waals surface area contributed by atoms with E-state index >= 15 is 0 Å². The lowest BCUT2D eigenvalue weighted by Gasteiger charge is -2.36. The third kappa shape index (κ3) is 6.42. The number of nitrogens with one attached hydrogen (secondary N) is 2. The first-order valence-corrected chi connectivity index (χ1v) is 15.7. The fourth-order valence-corrected chi connectivity index (χ4v) is 6.41. The van der Waals surface area contributed by atoms with Crippen LogP contribution in [0.1, 0.15) is 19.8 Å². The zero-order valence-electron chi connectivity index (χ0n) is 25.5. The maximum Gasteiger partial charge on any atom is 0.323 e. The third-order valence-corrected chi connectivity index (χ3v) is 8.96. The van der Waals surface area contributed by atoms with E-state index in [4.69, 9.17) is 19.4 Å². The van der Waals surface area contributed by atoms with Gasteiger partial charge in [0.25, 0.3) is 0 Å². The molecule has 7 rings (SSSR count). The summed E-state index contributed by atoms with van der Waals surface area (Å²) in [5.74, 6) is 3.43. The molecule has 1 aromatic carbocycles. The molecule has 2 amide bonds. The van der Waals surface area contributed by atoms with E-state index in [1.54, 1.807) is 6.20 Å². The molecule has 12 nitrogen and oxygen atoms in total. The van der Waals surface area contributed by atoms with Crippen molar-refractivity contribution in [3.63, 3.8) is 0 Å². The second kappa shape index (κ2) is 12.5. The van der Waals surface area contributed by atoms with Gasteiger partial charge in [-0.15, -0.1) is 0 Å². The largest absolute Gasteiger partial charge is 0.377 e. The van der Waals surface area contributed by atoms with E-state index in [9.17, 15) is 4.79 Å². The Morgan fingerprint density at radius 2 is 1.55 bits per heavy atom. The van der Waals surface area contributed by atoms with Crippen LogP contribution >= 0.6 is 0 Å². The summed E-state index contributed by atoms with van der Waals surface area (Å²) in [4.78, 5) is 36.6. The van der Waals surface area contributed by atoms with Gasteiger partial charge >= 0.3 is 6.03 Å². The van der Waals surface area contributed by atoms with Gasteiger partial charge in [-0.05, 0) is 63.2 Å².